The second-order valence-corrected chi connectivity index (χ2v) is 10.9. The predicted octanol–water partition coefficient (Wildman–Crippen LogP) is 3.03. The molecule has 2 aromatic carbocycles. The highest BCUT2D eigenvalue weighted by atomic mass is 35.5. The summed E-state index contributed by atoms with van der Waals surface area (Å²) in [6.07, 6.45) is -0.610. The normalized spacial score (nSPS) is 13.8. The zero-order valence-electron chi connectivity index (χ0n) is 15.6. The molecule has 3 rings (SSSR count). The van der Waals surface area contributed by atoms with Crippen LogP contribution in [0.2, 0.25) is 10.0 Å². The van der Waals surface area contributed by atoms with E-state index in [1.165, 1.54) is 30.1 Å². The van der Waals surface area contributed by atoms with E-state index >= 15 is 0 Å². The molecule has 1 aliphatic heterocycles. The predicted molar refractivity (Wildman–Crippen MR) is 115 cm³/mol. The highest BCUT2D eigenvalue weighted by Crippen LogP contribution is 2.41. The van der Waals surface area contributed by atoms with Gasteiger partial charge in [-0.25, -0.2) is 13.2 Å². The summed E-state index contributed by atoms with van der Waals surface area (Å²) in [6, 6.07) is 7.76. The fraction of sp³-hybridized carbons (Fsp3) is 0.235. The Balaban J connectivity index is 2.10. The molecular formula is C17H18Cl2N3O6PS. The van der Waals surface area contributed by atoms with Crippen molar-refractivity contribution in [1.82, 2.24) is 5.32 Å². The highest BCUT2D eigenvalue weighted by Gasteiger charge is 2.33. The molecule has 3 N–H and O–H groups in total. The molecular weight excluding hydrogens is 476 g/mol. The van der Waals surface area contributed by atoms with Gasteiger partial charge in [0.25, 0.3) is 10.0 Å². The second-order valence-electron chi connectivity index (χ2n) is 6.53. The van der Waals surface area contributed by atoms with Gasteiger partial charge in [0.15, 0.2) is 0 Å². The van der Waals surface area contributed by atoms with Crippen LogP contribution in [-0.2, 0) is 21.0 Å². The van der Waals surface area contributed by atoms with Crippen molar-refractivity contribution in [1.29, 1.82) is 0 Å². The van der Waals surface area contributed by atoms with E-state index in [0.29, 0.717) is 28.5 Å². The van der Waals surface area contributed by atoms with Gasteiger partial charge in [0.05, 0.1) is 10.6 Å². The molecule has 30 heavy (non-hydrogen) atoms. The Morgan fingerprint density at radius 3 is 2.40 bits per heavy atom. The maximum atomic E-state index is 13.2. The van der Waals surface area contributed by atoms with Crippen molar-refractivity contribution in [3.05, 3.63) is 52.0 Å². The lowest BCUT2D eigenvalue weighted by Crippen LogP contribution is -2.36. The Bertz CT molecular complexity index is 1130. The van der Waals surface area contributed by atoms with E-state index in [9.17, 15) is 27.6 Å². The summed E-state index contributed by atoms with van der Waals surface area (Å²) >= 11 is 11.8. The summed E-state index contributed by atoms with van der Waals surface area (Å²) in [6.45, 7) is 0.396. The third-order valence-corrected chi connectivity index (χ3v) is 7.47. The molecule has 0 radical (unpaired) electrons. The van der Waals surface area contributed by atoms with Crippen molar-refractivity contribution in [3.63, 3.8) is 0 Å². The van der Waals surface area contributed by atoms with Gasteiger partial charge in [0, 0.05) is 29.3 Å². The molecule has 13 heteroatoms. The van der Waals surface area contributed by atoms with Crippen molar-refractivity contribution in [3.8, 4) is 0 Å². The monoisotopic (exact) mass is 493 g/mol. The van der Waals surface area contributed by atoms with Gasteiger partial charge in [0.2, 0.25) is 0 Å². The Labute approximate surface area is 183 Å². The van der Waals surface area contributed by atoms with Crippen LogP contribution in [0.15, 0.2) is 41.3 Å². The topological polar surface area (TPSA) is 127 Å². The number of rotatable bonds is 5. The zero-order valence-corrected chi connectivity index (χ0v) is 18.8. The molecule has 0 unspecified atom stereocenters. The van der Waals surface area contributed by atoms with Crippen LogP contribution < -0.4 is 14.5 Å². The lowest BCUT2D eigenvalue weighted by molar-refractivity contribution is 0.248. The molecule has 0 fully saturated rings. The Morgan fingerprint density at radius 1 is 1.20 bits per heavy atom. The van der Waals surface area contributed by atoms with Crippen molar-refractivity contribution < 1.29 is 27.6 Å². The first kappa shape index (κ1) is 22.9. The summed E-state index contributed by atoms with van der Waals surface area (Å²) in [5.74, 6) is 0. The zero-order chi connectivity index (χ0) is 22.3. The fourth-order valence-electron chi connectivity index (χ4n) is 3.16. The molecule has 2 aromatic rings. The van der Waals surface area contributed by atoms with Crippen LogP contribution in [-0.4, -0.2) is 44.1 Å². The number of amides is 2. The number of hydrogen-bond acceptors (Lipinski definition) is 4. The summed E-state index contributed by atoms with van der Waals surface area (Å²) in [4.78, 5) is 32.2. The van der Waals surface area contributed by atoms with E-state index in [1.54, 1.807) is 6.07 Å². The van der Waals surface area contributed by atoms with Gasteiger partial charge in [-0.1, -0.05) is 23.2 Å². The molecule has 0 spiro atoms. The van der Waals surface area contributed by atoms with Crippen LogP contribution in [0.5, 0.6) is 0 Å². The van der Waals surface area contributed by atoms with Crippen LogP contribution in [0, 0.1) is 0 Å². The Kier molecular flexibility index (Phi) is 6.38. The van der Waals surface area contributed by atoms with Crippen LogP contribution in [0.25, 0.3) is 0 Å². The molecule has 1 aliphatic rings. The first-order chi connectivity index (χ1) is 13.9. The minimum Gasteiger partial charge on any atom is -0.341 e. The van der Waals surface area contributed by atoms with E-state index in [2.05, 4.69) is 5.32 Å². The number of sulfonamides is 1. The number of benzene rings is 2. The van der Waals surface area contributed by atoms with Gasteiger partial charge in [-0.3, -0.25) is 13.8 Å². The molecule has 2 amide bonds. The molecule has 1 heterocycles. The van der Waals surface area contributed by atoms with Gasteiger partial charge in [-0.15, -0.1) is 0 Å². The van der Waals surface area contributed by atoms with Crippen LogP contribution in [0.3, 0.4) is 0 Å². The number of hydrogen-bond donors (Lipinski definition) is 3. The molecule has 0 aliphatic carbocycles. The summed E-state index contributed by atoms with van der Waals surface area (Å²) in [7, 11) is -7.68. The van der Waals surface area contributed by atoms with Crippen LogP contribution in [0.4, 0.5) is 16.2 Å². The number of carbonyl (C=O) groups is 1. The van der Waals surface area contributed by atoms with Crippen molar-refractivity contribution in [2.24, 2.45) is 0 Å². The van der Waals surface area contributed by atoms with E-state index in [1.807, 2.05) is 0 Å². The van der Waals surface area contributed by atoms with Gasteiger partial charge >= 0.3 is 13.6 Å². The molecule has 9 nitrogen and oxygen atoms in total. The Hall–Kier alpha value is -1.81. The van der Waals surface area contributed by atoms with Crippen LogP contribution >= 0.6 is 30.8 Å². The largest absolute Gasteiger partial charge is 0.345 e. The molecule has 0 saturated carbocycles. The van der Waals surface area contributed by atoms with Gasteiger partial charge < -0.3 is 15.1 Å². The number of anilines is 2. The molecule has 0 atom stereocenters. The van der Waals surface area contributed by atoms with E-state index in [-0.39, 0.29) is 26.7 Å². The first-order valence-corrected chi connectivity index (χ1v) is 12.6. The van der Waals surface area contributed by atoms with Crippen molar-refractivity contribution >= 4 is 58.2 Å². The number of nitrogens with zero attached hydrogens (tertiary/aromatic N) is 2. The number of urea groups is 1. The minimum atomic E-state index is -4.77. The number of fused-ring (bicyclic) bond motifs is 1. The number of nitrogens with one attached hydrogen (secondary N) is 1. The number of halogens is 2. The maximum absolute atomic E-state index is 13.2. The minimum absolute atomic E-state index is 0.0481. The highest BCUT2D eigenvalue weighted by molar-refractivity contribution is 7.93. The Morgan fingerprint density at radius 2 is 1.83 bits per heavy atom. The molecule has 0 bridgehead atoms. The fourth-order valence-corrected chi connectivity index (χ4v) is 6.57. The average molecular weight is 494 g/mol. The third-order valence-electron chi connectivity index (χ3n) is 4.44. The molecule has 0 aromatic heterocycles. The van der Waals surface area contributed by atoms with Gasteiger partial charge in [-0.05, 0) is 48.4 Å². The molecule has 0 saturated heterocycles. The lowest BCUT2D eigenvalue weighted by atomic mass is 10.1. The average Bonchev–Trinajstić information content (AvgIpc) is 3.07. The van der Waals surface area contributed by atoms with Gasteiger partial charge in [0.1, 0.15) is 6.29 Å². The van der Waals surface area contributed by atoms with Crippen molar-refractivity contribution in [2.75, 3.05) is 29.1 Å². The summed E-state index contributed by atoms with van der Waals surface area (Å²) in [5.41, 5.74) is 1.32. The summed E-state index contributed by atoms with van der Waals surface area (Å²) < 4.78 is 38.8. The standard InChI is InChI=1S/C17H18Cl2N3O6PS/c1-20-17(23)21-5-4-11-6-14(2-3-16(11)21)22(10-29(24,25)26)30(27,28)15-8-12(18)7-13(19)9-15/h2-3,6-9H,4-5,10H2,1H3,(H,20,23)(H2,24,25,26). The van der Waals surface area contributed by atoms with Crippen molar-refractivity contribution in [2.45, 2.75) is 11.3 Å². The van der Waals surface area contributed by atoms with E-state index in [4.69, 9.17) is 23.2 Å². The lowest BCUT2D eigenvalue weighted by Gasteiger charge is -2.26. The second kappa shape index (κ2) is 8.37. The smallest absolute Gasteiger partial charge is 0.341 e. The summed E-state index contributed by atoms with van der Waals surface area (Å²) in [5, 5.41) is 2.65. The quantitative estimate of drug-likeness (QED) is 0.549. The maximum Gasteiger partial charge on any atom is 0.345 e. The number of carbonyl (C=O) groups excluding carboxylic acids is 1. The SMILES string of the molecule is CNC(=O)N1CCc2cc(N(CP(=O)(O)O)S(=O)(=O)c3cc(Cl)cc(Cl)c3)ccc21. The van der Waals surface area contributed by atoms with Crippen LogP contribution in [0.1, 0.15) is 5.56 Å². The first-order valence-electron chi connectivity index (χ1n) is 8.58. The molecule has 162 valence electrons. The van der Waals surface area contributed by atoms with E-state index in [0.717, 1.165) is 12.1 Å². The van der Waals surface area contributed by atoms with E-state index < -0.39 is 23.9 Å². The van der Waals surface area contributed by atoms with Gasteiger partial charge in [-0.2, -0.15) is 0 Å². The third kappa shape index (κ3) is 4.74.